The molecule has 2 rings (SSSR count). The molecule has 1 saturated carbocycles. The van der Waals surface area contributed by atoms with Gasteiger partial charge >= 0.3 is 0 Å². The van der Waals surface area contributed by atoms with Crippen molar-refractivity contribution in [2.75, 3.05) is 5.32 Å². The molecule has 2 unspecified atom stereocenters. The van der Waals surface area contributed by atoms with Crippen LogP contribution in [-0.4, -0.2) is 17.3 Å². The third-order valence-corrected chi connectivity index (χ3v) is 3.52. The Morgan fingerprint density at radius 2 is 1.76 bits per heavy atom. The second-order valence-electron chi connectivity index (χ2n) is 4.35. The second-order valence-corrected chi connectivity index (χ2v) is 5.26. The van der Waals surface area contributed by atoms with Gasteiger partial charge in [-0.25, -0.2) is 8.78 Å². The fourth-order valence-corrected chi connectivity index (χ4v) is 2.55. The summed E-state index contributed by atoms with van der Waals surface area (Å²) in [6.45, 7) is 0. The predicted molar refractivity (Wildman–Crippen MR) is 65.9 cm³/mol. The minimum Gasteiger partial charge on any atom is -0.391 e. The number of hydrogen-bond acceptors (Lipinski definition) is 2. The van der Waals surface area contributed by atoms with Crippen molar-refractivity contribution in [2.24, 2.45) is 0 Å². The Kier molecular flexibility index (Phi) is 3.99. The van der Waals surface area contributed by atoms with E-state index in [1.54, 1.807) is 0 Å². The molecule has 0 amide bonds. The van der Waals surface area contributed by atoms with Gasteiger partial charge in [-0.2, -0.15) is 0 Å². The van der Waals surface area contributed by atoms with Crippen LogP contribution in [0.3, 0.4) is 0 Å². The van der Waals surface area contributed by atoms with E-state index in [2.05, 4.69) is 21.2 Å². The minimum atomic E-state index is -0.644. The number of hydrogen-bond donors (Lipinski definition) is 2. The average Bonchev–Trinajstić information content (AvgIpc) is 2.25. The highest BCUT2D eigenvalue weighted by Gasteiger charge is 2.24. The molecule has 1 aliphatic rings. The van der Waals surface area contributed by atoms with Gasteiger partial charge in [0.25, 0.3) is 0 Å². The number of aliphatic hydroxyl groups is 1. The van der Waals surface area contributed by atoms with E-state index in [4.69, 9.17) is 0 Å². The van der Waals surface area contributed by atoms with E-state index in [9.17, 15) is 13.9 Å². The molecular formula is C12H14BrF2NO. The van der Waals surface area contributed by atoms with Gasteiger partial charge in [0.2, 0.25) is 0 Å². The lowest BCUT2D eigenvalue weighted by Gasteiger charge is -2.29. The molecule has 1 aliphatic carbocycles. The standard InChI is InChI=1S/C12H14BrF2NO/c13-7-5-8(14)12(9(15)6-7)16-10-3-1-2-4-11(10)17/h5-6,10-11,16-17H,1-4H2. The molecule has 0 spiro atoms. The highest BCUT2D eigenvalue weighted by atomic mass is 79.9. The number of anilines is 1. The van der Waals surface area contributed by atoms with Crippen LogP contribution in [0.5, 0.6) is 0 Å². The molecule has 2 atom stereocenters. The van der Waals surface area contributed by atoms with Gasteiger partial charge in [-0.15, -0.1) is 0 Å². The number of aliphatic hydroxyl groups excluding tert-OH is 1. The van der Waals surface area contributed by atoms with E-state index in [0.29, 0.717) is 10.9 Å². The van der Waals surface area contributed by atoms with E-state index < -0.39 is 17.7 Å². The van der Waals surface area contributed by atoms with Crippen LogP contribution in [-0.2, 0) is 0 Å². The van der Waals surface area contributed by atoms with Gasteiger partial charge in [0.1, 0.15) is 17.3 Å². The molecular weight excluding hydrogens is 292 g/mol. The van der Waals surface area contributed by atoms with Gasteiger partial charge in [-0.05, 0) is 25.0 Å². The smallest absolute Gasteiger partial charge is 0.150 e. The molecule has 0 saturated heterocycles. The lowest BCUT2D eigenvalue weighted by atomic mass is 9.92. The first-order valence-corrected chi connectivity index (χ1v) is 6.46. The Hall–Kier alpha value is -0.680. The Morgan fingerprint density at radius 1 is 1.18 bits per heavy atom. The Morgan fingerprint density at radius 3 is 2.35 bits per heavy atom. The van der Waals surface area contributed by atoms with Crippen LogP contribution in [0.1, 0.15) is 25.7 Å². The molecule has 1 aromatic carbocycles. The zero-order chi connectivity index (χ0) is 12.4. The summed E-state index contributed by atoms with van der Waals surface area (Å²) < 4.78 is 27.5. The van der Waals surface area contributed by atoms with E-state index in [1.807, 2.05) is 0 Å². The zero-order valence-corrected chi connectivity index (χ0v) is 10.8. The van der Waals surface area contributed by atoms with Crippen molar-refractivity contribution in [3.05, 3.63) is 28.2 Å². The summed E-state index contributed by atoms with van der Waals surface area (Å²) in [5.74, 6) is -1.29. The fourth-order valence-electron chi connectivity index (χ4n) is 2.15. The molecule has 17 heavy (non-hydrogen) atoms. The lowest BCUT2D eigenvalue weighted by Crippen LogP contribution is -2.36. The first-order chi connectivity index (χ1) is 8.08. The van der Waals surface area contributed by atoms with Crippen molar-refractivity contribution in [2.45, 2.75) is 37.8 Å². The monoisotopic (exact) mass is 305 g/mol. The minimum absolute atomic E-state index is 0.154. The maximum absolute atomic E-state index is 13.6. The molecule has 2 N–H and O–H groups in total. The summed E-state index contributed by atoms with van der Waals surface area (Å²) >= 11 is 3.03. The van der Waals surface area contributed by atoms with Crippen LogP contribution < -0.4 is 5.32 Å². The Labute approximate surface area is 107 Å². The van der Waals surface area contributed by atoms with Crippen LogP contribution in [0.4, 0.5) is 14.5 Å². The van der Waals surface area contributed by atoms with Gasteiger partial charge in [-0.3, -0.25) is 0 Å². The van der Waals surface area contributed by atoms with Crippen LogP contribution >= 0.6 is 15.9 Å². The van der Waals surface area contributed by atoms with Crippen LogP contribution in [0.25, 0.3) is 0 Å². The Balaban J connectivity index is 2.17. The molecule has 1 fully saturated rings. The van der Waals surface area contributed by atoms with E-state index in [1.165, 1.54) is 12.1 Å². The van der Waals surface area contributed by atoms with Crippen LogP contribution in [0, 0.1) is 11.6 Å². The van der Waals surface area contributed by atoms with Gasteiger partial charge in [0.15, 0.2) is 0 Å². The third kappa shape index (κ3) is 2.96. The highest BCUT2D eigenvalue weighted by molar-refractivity contribution is 9.10. The summed E-state index contributed by atoms with van der Waals surface area (Å²) in [5, 5.41) is 12.5. The molecule has 5 heteroatoms. The first-order valence-electron chi connectivity index (χ1n) is 5.67. The van der Waals surface area contributed by atoms with Gasteiger partial charge in [0.05, 0.1) is 12.1 Å². The topological polar surface area (TPSA) is 32.3 Å². The van der Waals surface area contributed by atoms with E-state index in [-0.39, 0.29) is 11.7 Å². The summed E-state index contributed by atoms with van der Waals surface area (Å²) in [6.07, 6.45) is 2.80. The summed E-state index contributed by atoms with van der Waals surface area (Å²) in [6, 6.07) is 2.15. The SMILES string of the molecule is OC1CCCCC1Nc1c(F)cc(Br)cc1F. The molecule has 0 heterocycles. The first kappa shape index (κ1) is 12.8. The highest BCUT2D eigenvalue weighted by Crippen LogP contribution is 2.27. The maximum atomic E-state index is 13.6. The van der Waals surface area contributed by atoms with Crippen molar-refractivity contribution >= 4 is 21.6 Å². The van der Waals surface area contributed by atoms with Crippen LogP contribution in [0.15, 0.2) is 16.6 Å². The summed E-state index contributed by atoms with van der Waals surface area (Å²) in [4.78, 5) is 0. The van der Waals surface area contributed by atoms with Gasteiger partial charge in [0, 0.05) is 4.47 Å². The number of rotatable bonds is 2. The molecule has 1 aromatic rings. The zero-order valence-electron chi connectivity index (χ0n) is 9.22. The Bertz CT molecular complexity index is 390. The van der Waals surface area contributed by atoms with Gasteiger partial charge in [-0.1, -0.05) is 28.8 Å². The van der Waals surface area contributed by atoms with Crippen molar-refractivity contribution in [3.8, 4) is 0 Å². The molecule has 2 nitrogen and oxygen atoms in total. The van der Waals surface area contributed by atoms with E-state index >= 15 is 0 Å². The molecule has 0 bridgehead atoms. The van der Waals surface area contributed by atoms with Gasteiger partial charge < -0.3 is 10.4 Å². The van der Waals surface area contributed by atoms with E-state index in [0.717, 1.165) is 19.3 Å². The van der Waals surface area contributed by atoms with Crippen molar-refractivity contribution in [1.29, 1.82) is 0 Å². The lowest BCUT2D eigenvalue weighted by molar-refractivity contribution is 0.116. The molecule has 94 valence electrons. The average molecular weight is 306 g/mol. The molecule has 0 radical (unpaired) electrons. The summed E-state index contributed by atoms with van der Waals surface area (Å²) in [7, 11) is 0. The number of benzene rings is 1. The number of halogens is 3. The number of nitrogens with one attached hydrogen (secondary N) is 1. The third-order valence-electron chi connectivity index (χ3n) is 3.07. The van der Waals surface area contributed by atoms with Crippen molar-refractivity contribution in [3.63, 3.8) is 0 Å². The fraction of sp³-hybridized carbons (Fsp3) is 0.500. The van der Waals surface area contributed by atoms with Crippen molar-refractivity contribution < 1.29 is 13.9 Å². The van der Waals surface area contributed by atoms with Crippen LogP contribution in [0.2, 0.25) is 0 Å². The summed E-state index contributed by atoms with van der Waals surface area (Å²) in [5.41, 5.74) is -0.154. The normalized spacial score (nSPS) is 24.7. The maximum Gasteiger partial charge on any atom is 0.150 e. The quantitative estimate of drug-likeness (QED) is 0.877. The predicted octanol–water partition coefficient (Wildman–Crippen LogP) is 3.44. The molecule has 0 aliphatic heterocycles. The van der Waals surface area contributed by atoms with Crippen molar-refractivity contribution in [1.82, 2.24) is 0 Å². The largest absolute Gasteiger partial charge is 0.391 e. The molecule has 0 aromatic heterocycles. The second kappa shape index (κ2) is 5.31.